The topological polar surface area (TPSA) is 78.9 Å². The Bertz CT molecular complexity index is 445. The molecule has 16 heavy (non-hydrogen) atoms. The Morgan fingerprint density at radius 1 is 1.62 bits per heavy atom. The van der Waals surface area contributed by atoms with E-state index in [0.29, 0.717) is 18.0 Å². The minimum absolute atomic E-state index is 0.174. The highest BCUT2D eigenvalue weighted by atomic mass is 16.4. The molecular formula is C11H15N3O2. The number of carbonyl (C=O) groups is 1. The van der Waals surface area contributed by atoms with Gasteiger partial charge in [-0.25, -0.2) is 4.98 Å². The first-order valence-corrected chi connectivity index (χ1v) is 5.09. The molecule has 0 aliphatic heterocycles. The quantitative estimate of drug-likeness (QED) is 0.842. The molecule has 1 heterocycles. The number of hydrogen-bond donors (Lipinski definition) is 1. The molecule has 1 N–H and O–H groups in total. The van der Waals surface area contributed by atoms with Gasteiger partial charge in [-0.3, -0.25) is 4.79 Å². The van der Waals surface area contributed by atoms with Gasteiger partial charge in [-0.2, -0.15) is 5.26 Å². The molecule has 5 heteroatoms. The molecule has 1 unspecified atom stereocenters. The Morgan fingerprint density at radius 2 is 2.25 bits per heavy atom. The number of hydrogen-bond acceptors (Lipinski definition) is 4. The molecule has 0 aromatic carbocycles. The molecule has 1 amide bonds. The van der Waals surface area contributed by atoms with Crippen LogP contribution in [0.15, 0.2) is 4.42 Å². The first-order chi connectivity index (χ1) is 7.41. The van der Waals surface area contributed by atoms with E-state index in [-0.39, 0.29) is 5.76 Å². The van der Waals surface area contributed by atoms with E-state index in [2.05, 4.69) is 16.4 Å². The molecule has 0 saturated carbocycles. The minimum Gasteiger partial charge on any atom is -0.436 e. The molecule has 0 spiro atoms. The summed E-state index contributed by atoms with van der Waals surface area (Å²) in [5.41, 5.74) is -0.337. The van der Waals surface area contributed by atoms with Crippen LogP contribution >= 0.6 is 0 Å². The van der Waals surface area contributed by atoms with Crippen LogP contribution in [0.4, 0.5) is 0 Å². The van der Waals surface area contributed by atoms with Gasteiger partial charge in [-0.05, 0) is 20.3 Å². The van der Waals surface area contributed by atoms with Gasteiger partial charge in [0.25, 0.3) is 5.91 Å². The van der Waals surface area contributed by atoms with Crippen molar-refractivity contribution in [3.8, 4) is 6.07 Å². The van der Waals surface area contributed by atoms with Gasteiger partial charge in [0.05, 0.1) is 11.8 Å². The van der Waals surface area contributed by atoms with Gasteiger partial charge < -0.3 is 9.73 Å². The number of nitrogens with zero attached hydrogens (tertiary/aromatic N) is 2. The zero-order valence-electron chi connectivity index (χ0n) is 9.92. The predicted molar refractivity (Wildman–Crippen MR) is 57.8 cm³/mol. The predicted octanol–water partition coefficient (Wildman–Crippen LogP) is 1.71. The number of rotatable bonds is 3. The van der Waals surface area contributed by atoms with Crippen molar-refractivity contribution in [2.45, 2.75) is 39.7 Å². The third kappa shape index (κ3) is 2.40. The molecule has 0 aliphatic carbocycles. The van der Waals surface area contributed by atoms with Crippen LogP contribution in [0.2, 0.25) is 0 Å². The fraction of sp³-hybridized carbons (Fsp3) is 0.545. The van der Waals surface area contributed by atoms with Gasteiger partial charge in [0.2, 0.25) is 5.76 Å². The van der Waals surface area contributed by atoms with Gasteiger partial charge in [0.15, 0.2) is 5.89 Å². The van der Waals surface area contributed by atoms with Crippen LogP contribution in [0, 0.1) is 25.2 Å². The van der Waals surface area contributed by atoms with Crippen LogP contribution < -0.4 is 5.32 Å². The van der Waals surface area contributed by atoms with Crippen molar-refractivity contribution >= 4 is 5.91 Å². The molecule has 0 fully saturated rings. The van der Waals surface area contributed by atoms with E-state index in [4.69, 9.17) is 9.68 Å². The molecule has 0 aliphatic rings. The number of amides is 1. The zero-order chi connectivity index (χ0) is 12.3. The first kappa shape index (κ1) is 12.2. The zero-order valence-corrected chi connectivity index (χ0v) is 9.92. The lowest BCUT2D eigenvalue weighted by Crippen LogP contribution is -2.44. The monoisotopic (exact) mass is 221 g/mol. The molecule has 0 bridgehead atoms. The number of nitriles is 1. The molecule has 0 saturated heterocycles. The summed E-state index contributed by atoms with van der Waals surface area (Å²) in [7, 11) is 0. The highest BCUT2D eigenvalue weighted by molar-refractivity contribution is 5.93. The van der Waals surface area contributed by atoms with E-state index in [9.17, 15) is 4.79 Å². The molecular weight excluding hydrogens is 206 g/mol. The van der Waals surface area contributed by atoms with Gasteiger partial charge in [0.1, 0.15) is 5.54 Å². The maximum Gasteiger partial charge on any atom is 0.290 e. The fourth-order valence-corrected chi connectivity index (χ4v) is 1.24. The summed E-state index contributed by atoms with van der Waals surface area (Å²) in [6.45, 7) is 6.87. The highest BCUT2D eigenvalue weighted by Gasteiger charge is 2.27. The average molecular weight is 221 g/mol. The SMILES string of the molecule is CCC(C)(C#N)NC(=O)c1oc(C)nc1C. The molecule has 0 radical (unpaired) electrons. The van der Waals surface area contributed by atoms with Crippen molar-refractivity contribution in [3.05, 3.63) is 17.3 Å². The second-order valence-electron chi connectivity index (χ2n) is 3.90. The second-order valence-corrected chi connectivity index (χ2v) is 3.90. The maximum absolute atomic E-state index is 11.8. The van der Waals surface area contributed by atoms with Crippen molar-refractivity contribution in [3.63, 3.8) is 0 Å². The average Bonchev–Trinajstić information content (AvgIpc) is 2.57. The summed E-state index contributed by atoms with van der Waals surface area (Å²) in [6, 6.07) is 2.06. The fourth-order valence-electron chi connectivity index (χ4n) is 1.24. The highest BCUT2D eigenvalue weighted by Crippen LogP contribution is 2.13. The van der Waals surface area contributed by atoms with E-state index in [1.165, 1.54) is 0 Å². The first-order valence-electron chi connectivity index (χ1n) is 5.09. The summed E-state index contributed by atoms with van der Waals surface area (Å²) < 4.78 is 5.18. The molecule has 86 valence electrons. The Labute approximate surface area is 94.5 Å². The van der Waals surface area contributed by atoms with Crippen LogP contribution in [0.3, 0.4) is 0 Å². The van der Waals surface area contributed by atoms with E-state index in [0.717, 1.165) is 0 Å². The van der Waals surface area contributed by atoms with Crippen molar-refractivity contribution in [2.75, 3.05) is 0 Å². The van der Waals surface area contributed by atoms with Crippen molar-refractivity contribution in [2.24, 2.45) is 0 Å². The van der Waals surface area contributed by atoms with Crippen molar-refractivity contribution < 1.29 is 9.21 Å². The van der Waals surface area contributed by atoms with E-state index < -0.39 is 11.4 Å². The van der Waals surface area contributed by atoms with Crippen LogP contribution in [0.1, 0.15) is 42.4 Å². The van der Waals surface area contributed by atoms with Crippen LogP contribution in [-0.2, 0) is 0 Å². The summed E-state index contributed by atoms with van der Waals surface area (Å²) in [4.78, 5) is 15.8. The van der Waals surface area contributed by atoms with Gasteiger partial charge in [-0.1, -0.05) is 6.92 Å². The smallest absolute Gasteiger partial charge is 0.290 e. The van der Waals surface area contributed by atoms with E-state index in [1.54, 1.807) is 20.8 Å². The lowest BCUT2D eigenvalue weighted by molar-refractivity contribution is 0.0892. The van der Waals surface area contributed by atoms with Gasteiger partial charge in [0, 0.05) is 6.92 Å². The Kier molecular flexibility index (Phi) is 3.33. The number of nitrogens with one attached hydrogen (secondary N) is 1. The third-order valence-electron chi connectivity index (χ3n) is 2.45. The maximum atomic E-state index is 11.8. The van der Waals surface area contributed by atoms with Gasteiger partial charge >= 0.3 is 0 Å². The lowest BCUT2D eigenvalue weighted by Gasteiger charge is -2.20. The molecule has 5 nitrogen and oxygen atoms in total. The lowest BCUT2D eigenvalue weighted by atomic mass is 10.0. The third-order valence-corrected chi connectivity index (χ3v) is 2.45. The summed E-state index contributed by atoms with van der Waals surface area (Å²) in [5.74, 6) is 0.217. The Hall–Kier alpha value is -1.83. The van der Waals surface area contributed by atoms with Crippen molar-refractivity contribution in [1.29, 1.82) is 5.26 Å². The molecule has 1 atom stereocenters. The van der Waals surface area contributed by atoms with Crippen LogP contribution in [0.25, 0.3) is 0 Å². The van der Waals surface area contributed by atoms with Crippen LogP contribution in [0.5, 0.6) is 0 Å². The number of oxazole rings is 1. The van der Waals surface area contributed by atoms with E-state index >= 15 is 0 Å². The Balaban J connectivity index is 2.89. The van der Waals surface area contributed by atoms with Gasteiger partial charge in [-0.15, -0.1) is 0 Å². The summed E-state index contributed by atoms with van der Waals surface area (Å²) >= 11 is 0. The van der Waals surface area contributed by atoms with Crippen molar-refractivity contribution in [1.82, 2.24) is 10.3 Å². The minimum atomic E-state index is -0.871. The number of aryl methyl sites for hydroxylation is 2. The summed E-state index contributed by atoms with van der Waals surface area (Å²) in [6.07, 6.45) is 0.529. The number of aromatic nitrogens is 1. The largest absolute Gasteiger partial charge is 0.436 e. The Morgan fingerprint density at radius 3 is 2.62 bits per heavy atom. The molecule has 1 rings (SSSR count). The molecule has 1 aromatic rings. The summed E-state index contributed by atoms with van der Waals surface area (Å²) in [5, 5.41) is 11.6. The normalized spacial score (nSPS) is 13.9. The standard InChI is InChI=1S/C11H15N3O2/c1-5-11(4,6-12)14-10(15)9-7(2)13-8(3)16-9/h5H2,1-4H3,(H,14,15). The van der Waals surface area contributed by atoms with E-state index in [1.807, 2.05) is 6.92 Å². The molecule has 1 aromatic heterocycles. The van der Waals surface area contributed by atoms with Crippen LogP contribution in [-0.4, -0.2) is 16.4 Å². The number of carbonyl (C=O) groups excluding carboxylic acids is 1. The second kappa shape index (κ2) is 4.35.